The molecule has 0 spiro atoms. The minimum atomic E-state index is 0.464. The van der Waals surface area contributed by atoms with Crippen molar-refractivity contribution in [3.05, 3.63) is 46.5 Å². The van der Waals surface area contributed by atoms with E-state index >= 15 is 0 Å². The highest BCUT2D eigenvalue weighted by Crippen LogP contribution is 2.14. The first-order valence-corrected chi connectivity index (χ1v) is 4.52. The molecule has 1 aromatic carbocycles. The summed E-state index contributed by atoms with van der Waals surface area (Å²) in [6.45, 7) is 4.00. The van der Waals surface area contributed by atoms with Crippen LogP contribution in [-0.4, -0.2) is 5.71 Å². The first kappa shape index (κ1) is 10.0. The van der Waals surface area contributed by atoms with Crippen LogP contribution in [0.15, 0.2) is 29.8 Å². The van der Waals surface area contributed by atoms with Crippen molar-refractivity contribution in [1.82, 2.24) is 0 Å². The second-order valence-electron chi connectivity index (χ2n) is 2.97. The van der Waals surface area contributed by atoms with Gasteiger partial charge in [-0.15, -0.1) is 0 Å². The maximum absolute atomic E-state index is 7.74. The zero-order chi connectivity index (χ0) is 9.84. The summed E-state index contributed by atoms with van der Waals surface area (Å²) in [5.41, 5.74) is 5.03. The first-order valence-electron chi connectivity index (χ1n) is 4.08. The van der Waals surface area contributed by atoms with Gasteiger partial charge in [0.25, 0.3) is 0 Å². The highest BCUT2D eigenvalue weighted by Gasteiger charge is 2.04. The number of allylic oxidation sites excluding steroid dienone is 1. The van der Waals surface area contributed by atoms with Crippen molar-refractivity contribution in [2.45, 2.75) is 13.8 Å². The van der Waals surface area contributed by atoms with Crippen LogP contribution in [-0.2, 0) is 0 Å². The second-order valence-corrected chi connectivity index (χ2v) is 3.23. The van der Waals surface area contributed by atoms with E-state index in [9.17, 15) is 0 Å². The predicted molar refractivity (Wildman–Crippen MR) is 57.7 cm³/mol. The van der Waals surface area contributed by atoms with Crippen molar-refractivity contribution in [1.29, 1.82) is 5.41 Å². The molecule has 13 heavy (non-hydrogen) atoms. The predicted octanol–water partition coefficient (Wildman–Crippen LogP) is 3.42. The van der Waals surface area contributed by atoms with Crippen LogP contribution >= 0.6 is 11.6 Å². The highest BCUT2D eigenvalue weighted by molar-refractivity contribution is 6.28. The van der Waals surface area contributed by atoms with E-state index in [1.807, 2.05) is 32.0 Å². The van der Waals surface area contributed by atoms with E-state index in [0.717, 1.165) is 16.7 Å². The van der Waals surface area contributed by atoms with Crippen LogP contribution in [0.1, 0.15) is 16.7 Å². The molecule has 0 aliphatic rings. The minimum Gasteiger partial charge on any atom is -0.300 e. The number of aryl methyl sites for hydroxylation is 2. The Hall–Kier alpha value is -1.08. The summed E-state index contributed by atoms with van der Waals surface area (Å²) in [6, 6.07) is 5.99. The van der Waals surface area contributed by atoms with Gasteiger partial charge in [0.15, 0.2) is 0 Å². The van der Waals surface area contributed by atoms with E-state index in [4.69, 9.17) is 17.0 Å². The van der Waals surface area contributed by atoms with E-state index in [0.29, 0.717) is 5.71 Å². The van der Waals surface area contributed by atoms with Gasteiger partial charge in [0.05, 0.1) is 5.71 Å². The molecule has 0 saturated heterocycles. The van der Waals surface area contributed by atoms with Gasteiger partial charge >= 0.3 is 0 Å². The second kappa shape index (κ2) is 4.24. The number of hydrogen-bond donors (Lipinski definition) is 1. The molecule has 68 valence electrons. The zero-order valence-electron chi connectivity index (χ0n) is 7.76. The summed E-state index contributed by atoms with van der Waals surface area (Å²) in [5.74, 6) is 0. The van der Waals surface area contributed by atoms with Gasteiger partial charge in [0.1, 0.15) is 0 Å². The fraction of sp³-hybridized carbons (Fsp3) is 0.182. The normalized spacial score (nSPS) is 10.7. The first-order chi connectivity index (χ1) is 6.16. The SMILES string of the molecule is Cc1cccc(C)c1C(=N)/C=C/Cl. The lowest BCUT2D eigenvalue weighted by atomic mass is 9.99. The Kier molecular flexibility index (Phi) is 3.26. The number of rotatable bonds is 2. The lowest BCUT2D eigenvalue weighted by Gasteiger charge is -2.07. The van der Waals surface area contributed by atoms with E-state index in [2.05, 4.69) is 0 Å². The smallest absolute Gasteiger partial charge is 0.0626 e. The van der Waals surface area contributed by atoms with Crippen molar-refractivity contribution in [3.8, 4) is 0 Å². The highest BCUT2D eigenvalue weighted by atomic mass is 35.5. The molecule has 0 atom stereocenters. The molecule has 0 aliphatic carbocycles. The topological polar surface area (TPSA) is 23.9 Å². The van der Waals surface area contributed by atoms with E-state index in [-0.39, 0.29) is 0 Å². The van der Waals surface area contributed by atoms with Gasteiger partial charge in [-0.2, -0.15) is 0 Å². The Morgan fingerprint density at radius 3 is 2.31 bits per heavy atom. The van der Waals surface area contributed by atoms with Crippen molar-refractivity contribution in [3.63, 3.8) is 0 Å². The van der Waals surface area contributed by atoms with Gasteiger partial charge in [-0.3, -0.25) is 0 Å². The molecule has 0 fully saturated rings. The van der Waals surface area contributed by atoms with Crippen LogP contribution in [0.25, 0.3) is 0 Å². The van der Waals surface area contributed by atoms with Crippen LogP contribution in [0, 0.1) is 19.3 Å². The van der Waals surface area contributed by atoms with E-state index in [1.54, 1.807) is 6.08 Å². The Morgan fingerprint density at radius 2 is 1.85 bits per heavy atom. The third-order valence-corrected chi connectivity index (χ3v) is 2.11. The molecule has 0 bridgehead atoms. The van der Waals surface area contributed by atoms with Gasteiger partial charge in [-0.25, -0.2) is 0 Å². The number of nitrogens with one attached hydrogen (secondary N) is 1. The molecule has 0 saturated carbocycles. The molecule has 0 heterocycles. The molecule has 0 unspecified atom stereocenters. The summed E-state index contributed by atoms with van der Waals surface area (Å²) >= 11 is 5.43. The Bertz CT molecular complexity index is 333. The summed E-state index contributed by atoms with van der Waals surface area (Å²) in [6.07, 6.45) is 1.59. The summed E-state index contributed by atoms with van der Waals surface area (Å²) < 4.78 is 0. The van der Waals surface area contributed by atoms with Crippen molar-refractivity contribution in [2.75, 3.05) is 0 Å². The maximum Gasteiger partial charge on any atom is 0.0626 e. The summed E-state index contributed by atoms with van der Waals surface area (Å²) in [5, 5.41) is 7.74. The van der Waals surface area contributed by atoms with Gasteiger partial charge in [-0.1, -0.05) is 29.8 Å². The number of benzene rings is 1. The summed E-state index contributed by atoms with van der Waals surface area (Å²) in [4.78, 5) is 0. The van der Waals surface area contributed by atoms with Crippen LogP contribution in [0.2, 0.25) is 0 Å². The Balaban J connectivity index is 3.20. The molecule has 0 aromatic heterocycles. The van der Waals surface area contributed by atoms with Gasteiger partial charge in [-0.05, 0) is 31.1 Å². The summed E-state index contributed by atoms with van der Waals surface area (Å²) in [7, 11) is 0. The molecule has 1 N–H and O–H groups in total. The van der Waals surface area contributed by atoms with Crippen molar-refractivity contribution >= 4 is 17.3 Å². The Morgan fingerprint density at radius 1 is 1.31 bits per heavy atom. The van der Waals surface area contributed by atoms with Crippen LogP contribution in [0.3, 0.4) is 0 Å². The van der Waals surface area contributed by atoms with Crippen LogP contribution in [0.4, 0.5) is 0 Å². The zero-order valence-corrected chi connectivity index (χ0v) is 8.52. The monoisotopic (exact) mass is 193 g/mol. The lowest BCUT2D eigenvalue weighted by Crippen LogP contribution is -2.00. The van der Waals surface area contributed by atoms with Crippen molar-refractivity contribution in [2.24, 2.45) is 0 Å². The average Bonchev–Trinajstić information content (AvgIpc) is 2.04. The number of hydrogen-bond acceptors (Lipinski definition) is 1. The van der Waals surface area contributed by atoms with E-state index in [1.165, 1.54) is 5.54 Å². The fourth-order valence-electron chi connectivity index (χ4n) is 1.39. The molecular formula is C11H12ClN. The fourth-order valence-corrected chi connectivity index (χ4v) is 1.51. The molecule has 2 heteroatoms. The molecular weight excluding hydrogens is 182 g/mol. The van der Waals surface area contributed by atoms with E-state index < -0.39 is 0 Å². The lowest BCUT2D eigenvalue weighted by molar-refractivity contribution is 1.34. The van der Waals surface area contributed by atoms with Crippen LogP contribution < -0.4 is 0 Å². The standard InChI is InChI=1S/C11H12ClN/c1-8-4-3-5-9(2)11(8)10(13)6-7-12/h3-7,13H,1-2H3/b7-6+,13-10?. The quantitative estimate of drug-likeness (QED) is 0.696. The molecule has 0 amide bonds. The largest absolute Gasteiger partial charge is 0.300 e. The van der Waals surface area contributed by atoms with Crippen molar-refractivity contribution < 1.29 is 0 Å². The Labute approximate surface area is 83.6 Å². The van der Waals surface area contributed by atoms with Gasteiger partial charge in [0.2, 0.25) is 0 Å². The molecule has 1 rings (SSSR count). The third-order valence-electron chi connectivity index (χ3n) is 1.98. The molecule has 1 aromatic rings. The molecule has 0 radical (unpaired) electrons. The van der Waals surface area contributed by atoms with Gasteiger partial charge in [0, 0.05) is 11.1 Å². The third kappa shape index (κ3) is 2.19. The average molecular weight is 194 g/mol. The maximum atomic E-state index is 7.74. The number of halogens is 1. The van der Waals surface area contributed by atoms with Crippen LogP contribution in [0.5, 0.6) is 0 Å². The molecule has 1 nitrogen and oxygen atoms in total. The molecule has 0 aliphatic heterocycles. The minimum absolute atomic E-state index is 0.464. The van der Waals surface area contributed by atoms with Gasteiger partial charge < -0.3 is 5.41 Å².